The van der Waals surface area contributed by atoms with E-state index in [9.17, 15) is 4.79 Å². The molecule has 1 aromatic heterocycles. The molecule has 1 aliphatic heterocycles. The maximum atomic E-state index is 11.1. The van der Waals surface area contributed by atoms with Gasteiger partial charge in [0.25, 0.3) is 0 Å². The van der Waals surface area contributed by atoms with E-state index in [1.54, 1.807) is 6.26 Å². The molecule has 0 bridgehead atoms. The van der Waals surface area contributed by atoms with Gasteiger partial charge in [-0.2, -0.15) is 0 Å². The Morgan fingerprint density at radius 1 is 1.37 bits per heavy atom. The van der Waals surface area contributed by atoms with E-state index in [1.807, 2.05) is 30.3 Å². The molecule has 5 nitrogen and oxygen atoms in total. The van der Waals surface area contributed by atoms with Crippen molar-refractivity contribution >= 4 is 6.09 Å². The van der Waals surface area contributed by atoms with Crippen LogP contribution in [-0.4, -0.2) is 27.6 Å². The summed E-state index contributed by atoms with van der Waals surface area (Å²) in [4.78, 5) is 16.9. The van der Waals surface area contributed by atoms with Crippen molar-refractivity contribution in [2.24, 2.45) is 0 Å². The van der Waals surface area contributed by atoms with Crippen molar-refractivity contribution in [2.45, 2.75) is 18.9 Å². The predicted molar refractivity (Wildman–Crippen MR) is 68.6 cm³/mol. The number of carboxylic acid groups (broad SMARTS) is 1. The zero-order valence-electron chi connectivity index (χ0n) is 10.3. The number of rotatable bonds is 2. The Kier molecular flexibility index (Phi) is 2.95. The molecule has 3 rings (SSSR count). The van der Waals surface area contributed by atoms with Crippen LogP contribution in [0.3, 0.4) is 0 Å². The summed E-state index contributed by atoms with van der Waals surface area (Å²) in [5.41, 5.74) is 1.71. The zero-order valence-corrected chi connectivity index (χ0v) is 10.3. The van der Waals surface area contributed by atoms with Gasteiger partial charge in [0.1, 0.15) is 18.0 Å². The van der Waals surface area contributed by atoms with Crippen molar-refractivity contribution in [3.05, 3.63) is 42.5 Å². The molecule has 98 valence electrons. The van der Waals surface area contributed by atoms with Crippen LogP contribution in [0.4, 0.5) is 4.79 Å². The summed E-state index contributed by atoms with van der Waals surface area (Å²) in [6, 6.07) is 9.45. The van der Waals surface area contributed by atoms with Gasteiger partial charge in [0.2, 0.25) is 5.89 Å². The van der Waals surface area contributed by atoms with Gasteiger partial charge in [0.05, 0.1) is 0 Å². The molecule has 5 heteroatoms. The Hall–Kier alpha value is -2.30. The standard InChI is InChI=1S/C14H14N2O3/c17-14(18)16-8-4-7-12(16)13-15-11(9-19-13)10-5-2-1-3-6-10/h1-3,5-6,9,12H,4,7-8H2,(H,17,18)/t12-/m0/s1. The first-order valence-electron chi connectivity index (χ1n) is 6.26. The molecule has 0 spiro atoms. The van der Waals surface area contributed by atoms with Crippen LogP contribution in [0.25, 0.3) is 11.3 Å². The van der Waals surface area contributed by atoms with Crippen LogP contribution < -0.4 is 0 Å². The smallest absolute Gasteiger partial charge is 0.407 e. The van der Waals surface area contributed by atoms with E-state index in [4.69, 9.17) is 9.52 Å². The van der Waals surface area contributed by atoms with Crippen molar-refractivity contribution < 1.29 is 14.3 Å². The SMILES string of the molecule is O=C(O)N1CCC[C@H]1c1nc(-c2ccccc2)co1. The monoisotopic (exact) mass is 258 g/mol. The number of oxazole rings is 1. The summed E-state index contributed by atoms with van der Waals surface area (Å²) in [7, 11) is 0. The Bertz CT molecular complexity index is 579. The molecule has 2 heterocycles. The number of benzene rings is 1. The van der Waals surface area contributed by atoms with Crippen molar-refractivity contribution in [1.29, 1.82) is 0 Å². The Morgan fingerprint density at radius 3 is 2.89 bits per heavy atom. The molecule has 0 radical (unpaired) electrons. The molecule has 1 saturated heterocycles. The predicted octanol–water partition coefficient (Wildman–Crippen LogP) is 3.16. The highest BCUT2D eigenvalue weighted by Gasteiger charge is 2.33. The van der Waals surface area contributed by atoms with Crippen LogP contribution in [-0.2, 0) is 0 Å². The second kappa shape index (κ2) is 4.76. The highest BCUT2D eigenvalue weighted by atomic mass is 16.4. The maximum absolute atomic E-state index is 11.1. The van der Waals surface area contributed by atoms with Gasteiger partial charge >= 0.3 is 6.09 Å². The second-order valence-corrected chi connectivity index (χ2v) is 4.57. The van der Waals surface area contributed by atoms with Crippen LogP contribution in [0.5, 0.6) is 0 Å². The first-order chi connectivity index (χ1) is 9.25. The molecule has 1 fully saturated rings. The number of hydrogen-bond donors (Lipinski definition) is 1. The zero-order chi connectivity index (χ0) is 13.2. The van der Waals surface area contributed by atoms with Crippen LogP contribution in [0.2, 0.25) is 0 Å². The fourth-order valence-corrected chi connectivity index (χ4v) is 2.43. The lowest BCUT2D eigenvalue weighted by Gasteiger charge is -2.17. The van der Waals surface area contributed by atoms with Gasteiger partial charge in [-0.1, -0.05) is 30.3 Å². The first-order valence-corrected chi connectivity index (χ1v) is 6.26. The summed E-state index contributed by atoms with van der Waals surface area (Å²) < 4.78 is 5.47. The molecule has 0 saturated carbocycles. The third-order valence-corrected chi connectivity index (χ3v) is 3.38. The number of carbonyl (C=O) groups is 1. The Labute approximate surface area is 110 Å². The molecule has 1 aromatic carbocycles. The van der Waals surface area contributed by atoms with Gasteiger partial charge in [0, 0.05) is 12.1 Å². The van der Waals surface area contributed by atoms with E-state index >= 15 is 0 Å². The van der Waals surface area contributed by atoms with E-state index in [1.165, 1.54) is 4.90 Å². The lowest BCUT2D eigenvalue weighted by Crippen LogP contribution is -2.28. The normalized spacial score (nSPS) is 18.7. The maximum Gasteiger partial charge on any atom is 0.407 e. The lowest BCUT2D eigenvalue weighted by atomic mass is 10.2. The van der Waals surface area contributed by atoms with Crippen LogP contribution in [0.15, 0.2) is 41.0 Å². The molecule has 0 unspecified atom stereocenters. The highest BCUT2D eigenvalue weighted by Crippen LogP contribution is 2.32. The molecular weight excluding hydrogens is 244 g/mol. The minimum Gasteiger partial charge on any atom is -0.465 e. The topological polar surface area (TPSA) is 66.6 Å². The van der Waals surface area contributed by atoms with Gasteiger partial charge in [-0.15, -0.1) is 0 Å². The fraction of sp³-hybridized carbons (Fsp3) is 0.286. The largest absolute Gasteiger partial charge is 0.465 e. The van der Waals surface area contributed by atoms with Crippen LogP contribution in [0, 0.1) is 0 Å². The van der Waals surface area contributed by atoms with Crippen LogP contribution >= 0.6 is 0 Å². The summed E-state index contributed by atoms with van der Waals surface area (Å²) in [6.07, 6.45) is 2.28. The first kappa shape index (κ1) is 11.8. The molecule has 1 aliphatic rings. The van der Waals surface area contributed by atoms with E-state index in [2.05, 4.69) is 4.98 Å². The number of amides is 1. The third-order valence-electron chi connectivity index (χ3n) is 3.38. The Morgan fingerprint density at radius 2 is 2.16 bits per heavy atom. The molecule has 2 aromatic rings. The minimum absolute atomic E-state index is 0.255. The molecule has 0 aliphatic carbocycles. The van der Waals surface area contributed by atoms with E-state index in [-0.39, 0.29) is 6.04 Å². The number of hydrogen-bond acceptors (Lipinski definition) is 3. The average molecular weight is 258 g/mol. The van der Waals surface area contributed by atoms with Gasteiger partial charge < -0.3 is 9.52 Å². The Balaban J connectivity index is 1.87. The van der Waals surface area contributed by atoms with Gasteiger partial charge in [-0.3, -0.25) is 4.90 Å². The molecule has 1 atom stereocenters. The van der Waals surface area contributed by atoms with Gasteiger partial charge in [0.15, 0.2) is 0 Å². The summed E-state index contributed by atoms with van der Waals surface area (Å²) in [5.74, 6) is 0.485. The van der Waals surface area contributed by atoms with Crippen molar-refractivity contribution in [2.75, 3.05) is 6.54 Å². The number of likely N-dealkylation sites (tertiary alicyclic amines) is 1. The van der Waals surface area contributed by atoms with Crippen molar-refractivity contribution in [3.8, 4) is 11.3 Å². The van der Waals surface area contributed by atoms with E-state index in [0.29, 0.717) is 12.4 Å². The molecule has 1 amide bonds. The van der Waals surface area contributed by atoms with Crippen molar-refractivity contribution in [1.82, 2.24) is 9.88 Å². The third kappa shape index (κ3) is 2.19. The molecule has 19 heavy (non-hydrogen) atoms. The lowest BCUT2D eigenvalue weighted by molar-refractivity contribution is 0.134. The van der Waals surface area contributed by atoms with E-state index < -0.39 is 6.09 Å². The van der Waals surface area contributed by atoms with Gasteiger partial charge in [-0.05, 0) is 12.8 Å². The molecular formula is C14H14N2O3. The summed E-state index contributed by atoms with van der Waals surface area (Å²) in [6.45, 7) is 0.545. The van der Waals surface area contributed by atoms with Crippen molar-refractivity contribution in [3.63, 3.8) is 0 Å². The fourth-order valence-electron chi connectivity index (χ4n) is 2.43. The summed E-state index contributed by atoms with van der Waals surface area (Å²) in [5, 5.41) is 9.13. The van der Waals surface area contributed by atoms with Gasteiger partial charge in [-0.25, -0.2) is 9.78 Å². The van der Waals surface area contributed by atoms with Crippen LogP contribution in [0.1, 0.15) is 24.8 Å². The highest BCUT2D eigenvalue weighted by molar-refractivity contribution is 5.66. The minimum atomic E-state index is -0.915. The van der Waals surface area contributed by atoms with E-state index in [0.717, 1.165) is 24.1 Å². The number of nitrogens with zero attached hydrogens (tertiary/aromatic N) is 2. The molecule has 1 N–H and O–H groups in total. The average Bonchev–Trinajstić information content (AvgIpc) is 3.08. The second-order valence-electron chi connectivity index (χ2n) is 4.57. The quantitative estimate of drug-likeness (QED) is 0.898. The number of aromatic nitrogens is 1. The summed E-state index contributed by atoms with van der Waals surface area (Å²) >= 11 is 0.